The number of amides is 2. The number of hydrogen-bond acceptors (Lipinski definition) is 4. The van der Waals surface area contributed by atoms with Gasteiger partial charge in [0, 0.05) is 31.1 Å². The molecule has 0 bridgehead atoms. The summed E-state index contributed by atoms with van der Waals surface area (Å²) in [5.74, 6) is 1.01. The van der Waals surface area contributed by atoms with Gasteiger partial charge in [-0.05, 0) is 50.3 Å². The maximum Gasteiger partial charge on any atom is 0.228 e. The first-order valence-corrected chi connectivity index (χ1v) is 9.37. The first-order chi connectivity index (χ1) is 12.1. The number of carbonyl (C=O) groups excluding carboxylic acids is 2. The molecule has 2 aliphatic rings. The highest BCUT2D eigenvalue weighted by molar-refractivity contribution is 6.30. The number of nitrogens with zero attached hydrogens (tertiary/aromatic N) is 2. The molecule has 0 unspecified atom stereocenters. The normalized spacial score (nSPS) is 22.5. The summed E-state index contributed by atoms with van der Waals surface area (Å²) in [5.41, 5.74) is 5.80. The molecule has 0 spiro atoms. The summed E-state index contributed by atoms with van der Waals surface area (Å²) in [5, 5.41) is 3.36. The highest BCUT2D eigenvalue weighted by Crippen LogP contribution is 2.33. The zero-order valence-corrected chi connectivity index (χ0v) is 17.5. The Morgan fingerprint density at radius 2 is 1.89 bits per heavy atom. The fourth-order valence-corrected chi connectivity index (χ4v) is 4.03. The average molecular weight is 438 g/mol. The van der Waals surface area contributed by atoms with Crippen LogP contribution in [0.2, 0.25) is 5.02 Å². The lowest BCUT2D eigenvalue weighted by Gasteiger charge is -2.34. The lowest BCUT2D eigenvalue weighted by atomic mass is 9.91. The summed E-state index contributed by atoms with van der Waals surface area (Å²) in [6.45, 7) is 1.86. The monoisotopic (exact) mass is 436 g/mol. The van der Waals surface area contributed by atoms with Gasteiger partial charge in [0.15, 0.2) is 0 Å². The lowest BCUT2D eigenvalue weighted by Crippen LogP contribution is -2.45. The van der Waals surface area contributed by atoms with Gasteiger partial charge < -0.3 is 16.0 Å². The Morgan fingerprint density at radius 1 is 1.19 bits per heavy atom. The van der Waals surface area contributed by atoms with Crippen LogP contribution in [0, 0.1) is 17.8 Å². The van der Waals surface area contributed by atoms with E-state index in [0.717, 1.165) is 19.3 Å². The standard InChI is InChI=1S/C18H25ClN4O2.2ClH/c19-14-4-5-16(21-11-14)22-17(24)12-6-8-23(9-7-12)18(25)15-3-1-2-13(15)10-20;;/h4-5,11-13,15H,1-3,6-10,20H2,(H,21,22,24);2*1H/t13-,15-;;/m1../s1. The quantitative estimate of drug-likeness (QED) is 0.757. The summed E-state index contributed by atoms with van der Waals surface area (Å²) < 4.78 is 0. The van der Waals surface area contributed by atoms with E-state index in [1.54, 1.807) is 12.1 Å². The van der Waals surface area contributed by atoms with Gasteiger partial charge in [-0.1, -0.05) is 18.0 Å². The SMILES string of the molecule is Cl.Cl.NC[C@H]1CCC[C@H]1C(=O)N1CCC(C(=O)Nc2ccc(Cl)cn2)CC1. The summed E-state index contributed by atoms with van der Waals surface area (Å²) in [6.07, 6.45) is 5.97. The molecule has 0 radical (unpaired) electrons. The van der Waals surface area contributed by atoms with Crippen molar-refractivity contribution in [3.63, 3.8) is 0 Å². The summed E-state index contributed by atoms with van der Waals surface area (Å²) in [6, 6.07) is 3.38. The third kappa shape index (κ3) is 5.95. The molecule has 1 aliphatic carbocycles. The molecule has 1 saturated carbocycles. The molecule has 1 aromatic heterocycles. The largest absolute Gasteiger partial charge is 0.342 e. The van der Waals surface area contributed by atoms with Crippen LogP contribution in [0.3, 0.4) is 0 Å². The van der Waals surface area contributed by atoms with Crippen molar-refractivity contribution in [2.45, 2.75) is 32.1 Å². The Bertz CT molecular complexity index is 622. The van der Waals surface area contributed by atoms with Gasteiger partial charge in [0.2, 0.25) is 11.8 Å². The van der Waals surface area contributed by atoms with E-state index >= 15 is 0 Å². The van der Waals surface area contributed by atoms with E-state index in [1.165, 1.54) is 6.20 Å². The van der Waals surface area contributed by atoms with Crippen LogP contribution in [0.15, 0.2) is 18.3 Å². The van der Waals surface area contributed by atoms with Crippen LogP contribution in [-0.4, -0.2) is 41.3 Å². The van der Waals surface area contributed by atoms with Crippen LogP contribution < -0.4 is 11.1 Å². The second-order valence-electron chi connectivity index (χ2n) is 6.98. The van der Waals surface area contributed by atoms with Crippen LogP contribution >= 0.6 is 36.4 Å². The zero-order valence-electron chi connectivity index (χ0n) is 15.1. The van der Waals surface area contributed by atoms with Crippen molar-refractivity contribution in [2.75, 3.05) is 25.0 Å². The molecular formula is C18H27Cl3N4O2. The number of nitrogens with one attached hydrogen (secondary N) is 1. The minimum absolute atomic E-state index is 0. The third-order valence-corrected chi connectivity index (χ3v) is 5.66. The lowest BCUT2D eigenvalue weighted by molar-refractivity contribution is -0.139. The molecular weight excluding hydrogens is 411 g/mol. The Labute approximate surface area is 177 Å². The third-order valence-electron chi connectivity index (χ3n) is 5.44. The Kier molecular flexibility index (Phi) is 9.81. The number of aromatic nitrogens is 1. The molecule has 9 heteroatoms. The van der Waals surface area contributed by atoms with Crippen LogP contribution in [-0.2, 0) is 9.59 Å². The summed E-state index contributed by atoms with van der Waals surface area (Å²) in [4.78, 5) is 31.1. The number of rotatable bonds is 4. The van der Waals surface area contributed by atoms with Crippen LogP contribution in [0.1, 0.15) is 32.1 Å². The number of halogens is 3. The van der Waals surface area contributed by atoms with Crippen molar-refractivity contribution < 1.29 is 9.59 Å². The summed E-state index contributed by atoms with van der Waals surface area (Å²) >= 11 is 5.80. The average Bonchev–Trinajstić information content (AvgIpc) is 3.12. The maximum atomic E-state index is 12.7. The molecule has 2 amide bonds. The molecule has 27 heavy (non-hydrogen) atoms. The van der Waals surface area contributed by atoms with Gasteiger partial charge in [-0.2, -0.15) is 0 Å². The molecule has 1 aromatic rings. The Hall–Kier alpha value is -1.08. The fourth-order valence-electron chi connectivity index (χ4n) is 3.92. The second-order valence-corrected chi connectivity index (χ2v) is 7.42. The Morgan fingerprint density at radius 3 is 2.48 bits per heavy atom. The second kappa shape index (κ2) is 11.1. The number of anilines is 1. The van der Waals surface area contributed by atoms with E-state index in [4.69, 9.17) is 17.3 Å². The van der Waals surface area contributed by atoms with E-state index in [-0.39, 0.29) is 48.5 Å². The topological polar surface area (TPSA) is 88.3 Å². The molecule has 1 saturated heterocycles. The highest BCUT2D eigenvalue weighted by atomic mass is 35.5. The fraction of sp³-hybridized carbons (Fsp3) is 0.611. The van der Waals surface area contributed by atoms with E-state index in [0.29, 0.717) is 49.2 Å². The van der Waals surface area contributed by atoms with Gasteiger partial charge in [0.25, 0.3) is 0 Å². The van der Waals surface area contributed by atoms with Crippen molar-refractivity contribution in [3.05, 3.63) is 23.4 Å². The van der Waals surface area contributed by atoms with E-state index in [2.05, 4.69) is 10.3 Å². The molecule has 2 atom stereocenters. The molecule has 1 aliphatic heterocycles. The van der Waals surface area contributed by atoms with Gasteiger partial charge in [-0.3, -0.25) is 9.59 Å². The molecule has 6 nitrogen and oxygen atoms in total. The molecule has 3 rings (SSSR count). The van der Waals surface area contributed by atoms with Crippen molar-refractivity contribution in [2.24, 2.45) is 23.5 Å². The molecule has 152 valence electrons. The van der Waals surface area contributed by atoms with Crippen molar-refractivity contribution in [1.29, 1.82) is 0 Å². The predicted octanol–water partition coefficient (Wildman–Crippen LogP) is 3.13. The minimum Gasteiger partial charge on any atom is -0.342 e. The number of likely N-dealkylation sites (tertiary alicyclic amines) is 1. The smallest absolute Gasteiger partial charge is 0.228 e. The van der Waals surface area contributed by atoms with Crippen LogP contribution in [0.25, 0.3) is 0 Å². The highest BCUT2D eigenvalue weighted by Gasteiger charge is 2.36. The van der Waals surface area contributed by atoms with Gasteiger partial charge >= 0.3 is 0 Å². The number of pyridine rings is 1. The first-order valence-electron chi connectivity index (χ1n) is 8.99. The van der Waals surface area contributed by atoms with Gasteiger partial charge in [-0.15, -0.1) is 24.8 Å². The minimum atomic E-state index is -0.0876. The molecule has 2 heterocycles. The maximum absolute atomic E-state index is 12.7. The number of piperidine rings is 1. The van der Waals surface area contributed by atoms with Crippen LogP contribution in [0.5, 0.6) is 0 Å². The zero-order chi connectivity index (χ0) is 17.8. The number of hydrogen-bond donors (Lipinski definition) is 2. The first kappa shape index (κ1) is 24.0. The van der Waals surface area contributed by atoms with Gasteiger partial charge in [-0.25, -0.2) is 4.98 Å². The van der Waals surface area contributed by atoms with Crippen molar-refractivity contribution in [3.8, 4) is 0 Å². The number of carbonyl (C=O) groups is 2. The van der Waals surface area contributed by atoms with E-state index < -0.39 is 0 Å². The Balaban J connectivity index is 0.00000182. The van der Waals surface area contributed by atoms with Crippen molar-refractivity contribution >= 4 is 54.0 Å². The molecule has 0 aromatic carbocycles. The molecule has 3 N–H and O–H groups in total. The van der Waals surface area contributed by atoms with Gasteiger partial charge in [0.1, 0.15) is 5.82 Å². The molecule has 2 fully saturated rings. The van der Waals surface area contributed by atoms with Crippen molar-refractivity contribution in [1.82, 2.24) is 9.88 Å². The van der Waals surface area contributed by atoms with E-state index in [1.807, 2.05) is 4.90 Å². The van der Waals surface area contributed by atoms with Gasteiger partial charge in [0.05, 0.1) is 5.02 Å². The predicted molar refractivity (Wildman–Crippen MR) is 112 cm³/mol. The number of nitrogens with two attached hydrogens (primary N) is 1. The summed E-state index contributed by atoms with van der Waals surface area (Å²) in [7, 11) is 0. The van der Waals surface area contributed by atoms with Crippen LogP contribution in [0.4, 0.5) is 5.82 Å². The van der Waals surface area contributed by atoms with E-state index in [9.17, 15) is 9.59 Å².